The fourth-order valence-corrected chi connectivity index (χ4v) is 2.40. The Kier molecular flexibility index (Phi) is 4.70. The monoisotopic (exact) mass is 298 g/mol. The van der Waals surface area contributed by atoms with Crippen LogP contribution in [0.15, 0.2) is 40.7 Å². The van der Waals surface area contributed by atoms with Gasteiger partial charge in [-0.3, -0.25) is 14.7 Å². The lowest BCUT2D eigenvalue weighted by Crippen LogP contribution is -2.26. The Hall–Kier alpha value is -2.50. The van der Waals surface area contributed by atoms with Gasteiger partial charge in [-0.1, -0.05) is 14.4 Å². The first-order chi connectivity index (χ1) is 10.2. The molecule has 0 spiro atoms. The van der Waals surface area contributed by atoms with Crippen LogP contribution in [0.1, 0.15) is 26.8 Å². The summed E-state index contributed by atoms with van der Waals surface area (Å²) in [5.41, 5.74) is 9.61. The average molecular weight is 298 g/mol. The van der Waals surface area contributed by atoms with Gasteiger partial charge in [0.15, 0.2) is 0 Å². The minimum absolute atomic E-state index is 0. The molecule has 2 aromatic rings. The Morgan fingerprint density at radius 3 is 2.91 bits per heavy atom. The second kappa shape index (κ2) is 6.51. The van der Waals surface area contributed by atoms with Crippen molar-refractivity contribution in [3.8, 4) is 11.3 Å². The molecule has 6 nitrogen and oxygen atoms in total. The number of nitrogens with zero attached hydrogens (tertiary/aromatic N) is 5. The third kappa shape index (κ3) is 2.90. The molecule has 3 heterocycles. The lowest BCUT2D eigenvalue weighted by molar-refractivity contribution is 0.661. The zero-order valence-corrected chi connectivity index (χ0v) is 12.2. The van der Waals surface area contributed by atoms with E-state index in [9.17, 15) is 0 Å². The first-order valence-corrected chi connectivity index (χ1v) is 7.05. The predicted molar refractivity (Wildman–Crippen MR) is 90.1 cm³/mol. The number of aryl methyl sites for hydroxylation is 1. The van der Waals surface area contributed by atoms with Crippen molar-refractivity contribution in [2.75, 3.05) is 6.54 Å². The van der Waals surface area contributed by atoms with E-state index in [-0.39, 0.29) is 13.3 Å². The van der Waals surface area contributed by atoms with Gasteiger partial charge < -0.3 is 5.73 Å². The predicted octanol–water partition coefficient (Wildman–Crippen LogP) is 2.35. The van der Waals surface area contributed by atoms with Gasteiger partial charge in [-0.25, -0.2) is 4.99 Å². The van der Waals surface area contributed by atoms with Crippen LogP contribution < -0.4 is 5.73 Å². The van der Waals surface area contributed by atoms with E-state index in [4.69, 9.17) is 5.73 Å². The highest BCUT2D eigenvalue weighted by atomic mass is 15.3. The molecule has 0 radical (unpaired) electrons. The maximum Gasteiger partial charge on any atom is 0.215 e. The van der Waals surface area contributed by atoms with Crippen LogP contribution in [0.4, 0.5) is 0 Å². The van der Waals surface area contributed by atoms with E-state index in [1.165, 1.54) is 0 Å². The Bertz CT molecular complexity index is 699. The van der Waals surface area contributed by atoms with E-state index in [1.807, 2.05) is 29.2 Å². The van der Waals surface area contributed by atoms with Gasteiger partial charge in [0.2, 0.25) is 5.96 Å². The number of hydrogen-bond acceptors (Lipinski definition) is 5. The normalized spacial score (nSPS) is 17.5. The van der Waals surface area contributed by atoms with Crippen molar-refractivity contribution in [2.24, 2.45) is 21.6 Å². The van der Waals surface area contributed by atoms with Crippen LogP contribution >= 0.6 is 0 Å². The third-order valence-corrected chi connectivity index (χ3v) is 3.53. The molecular weight excluding hydrogens is 276 g/mol. The largest absolute Gasteiger partial charge is 0.368 e. The van der Waals surface area contributed by atoms with Crippen LogP contribution in [0.5, 0.6) is 0 Å². The number of guanidine groups is 1. The minimum atomic E-state index is 0. The van der Waals surface area contributed by atoms with Gasteiger partial charge in [0.25, 0.3) is 0 Å². The number of rotatable bonds is 3. The maximum atomic E-state index is 5.78. The molecule has 0 aliphatic carbocycles. The summed E-state index contributed by atoms with van der Waals surface area (Å²) in [5, 5.41) is 4.65. The highest BCUT2D eigenvalue weighted by molar-refractivity contribution is 6.12. The number of aromatic nitrogens is 3. The van der Waals surface area contributed by atoms with Gasteiger partial charge in [0.1, 0.15) is 5.69 Å². The summed E-state index contributed by atoms with van der Waals surface area (Å²) in [4.78, 5) is 12.8. The lowest BCUT2D eigenvalue weighted by Gasteiger charge is -2.16. The zero-order valence-electron chi connectivity index (χ0n) is 12.2. The van der Waals surface area contributed by atoms with Crippen LogP contribution in [-0.4, -0.2) is 33.0 Å². The molecule has 0 amide bonds. The highest BCUT2D eigenvalue weighted by Crippen LogP contribution is 2.25. The van der Waals surface area contributed by atoms with Crippen LogP contribution in [0.25, 0.3) is 11.3 Å². The standard InChI is InChI=1S/C15H18N6.CH4/c1-3-21-9-12(13-10(2)7-18-15(16)19-13)14(20-21)11-5-4-6-17-8-11;/h4-6,8-10H,3,7H2,1-2H3,(H2,16,18);1H4. The fraction of sp³-hybridized carbons (Fsp3) is 0.375. The number of pyridine rings is 1. The molecule has 0 saturated carbocycles. The number of hydrogen-bond donors (Lipinski definition) is 1. The highest BCUT2D eigenvalue weighted by Gasteiger charge is 2.23. The van der Waals surface area contributed by atoms with Crippen LogP contribution in [0.3, 0.4) is 0 Å². The van der Waals surface area contributed by atoms with Gasteiger partial charge >= 0.3 is 0 Å². The quantitative estimate of drug-likeness (QED) is 0.944. The molecule has 0 bridgehead atoms. The molecule has 1 unspecified atom stereocenters. The lowest BCUT2D eigenvalue weighted by atomic mass is 9.96. The van der Waals surface area contributed by atoms with Gasteiger partial charge in [0, 0.05) is 42.2 Å². The van der Waals surface area contributed by atoms with E-state index in [2.05, 4.69) is 33.9 Å². The van der Waals surface area contributed by atoms with Gasteiger partial charge in [-0.2, -0.15) is 5.10 Å². The van der Waals surface area contributed by atoms with E-state index >= 15 is 0 Å². The Morgan fingerprint density at radius 1 is 1.41 bits per heavy atom. The molecule has 1 aliphatic rings. The van der Waals surface area contributed by atoms with Crippen molar-refractivity contribution >= 4 is 11.7 Å². The first kappa shape index (κ1) is 15.9. The van der Waals surface area contributed by atoms with Gasteiger partial charge in [-0.15, -0.1) is 0 Å². The topological polar surface area (TPSA) is 81.5 Å². The first-order valence-electron chi connectivity index (χ1n) is 7.05. The Balaban J connectivity index is 0.00000176. The van der Waals surface area contributed by atoms with Crippen molar-refractivity contribution in [1.82, 2.24) is 14.8 Å². The number of aliphatic imine (C=N–C) groups is 2. The summed E-state index contributed by atoms with van der Waals surface area (Å²) < 4.78 is 1.91. The van der Waals surface area contributed by atoms with Crippen LogP contribution in [0, 0.1) is 5.92 Å². The van der Waals surface area contributed by atoms with Crippen molar-refractivity contribution in [3.05, 3.63) is 36.3 Å². The summed E-state index contributed by atoms with van der Waals surface area (Å²) in [6.45, 7) is 5.63. The molecule has 2 aromatic heterocycles. The van der Waals surface area contributed by atoms with Gasteiger partial charge in [0.05, 0.1) is 12.3 Å². The molecule has 0 aromatic carbocycles. The molecular formula is C16H22N6. The molecule has 3 rings (SSSR count). The Morgan fingerprint density at radius 2 is 2.23 bits per heavy atom. The molecule has 116 valence electrons. The van der Waals surface area contributed by atoms with Crippen LogP contribution in [0.2, 0.25) is 0 Å². The van der Waals surface area contributed by atoms with E-state index < -0.39 is 0 Å². The SMILES string of the molecule is C.CCn1cc(C2=NC(N)=NCC2C)c(-c2cccnc2)n1. The molecule has 1 atom stereocenters. The average Bonchev–Trinajstić information content (AvgIpc) is 2.95. The second-order valence-electron chi connectivity index (χ2n) is 5.09. The van der Waals surface area contributed by atoms with E-state index in [1.54, 1.807) is 6.20 Å². The zero-order chi connectivity index (χ0) is 14.8. The summed E-state index contributed by atoms with van der Waals surface area (Å²) in [5.74, 6) is 0.562. The molecule has 22 heavy (non-hydrogen) atoms. The molecule has 0 fully saturated rings. The van der Waals surface area contributed by atoms with Crippen LogP contribution in [-0.2, 0) is 6.54 Å². The summed E-state index contributed by atoms with van der Waals surface area (Å²) in [7, 11) is 0. The fourth-order valence-electron chi connectivity index (χ4n) is 2.40. The minimum Gasteiger partial charge on any atom is -0.368 e. The van der Waals surface area contributed by atoms with E-state index in [0.717, 1.165) is 29.1 Å². The summed E-state index contributed by atoms with van der Waals surface area (Å²) in [6, 6.07) is 3.91. The second-order valence-corrected chi connectivity index (χ2v) is 5.09. The summed E-state index contributed by atoms with van der Waals surface area (Å²) in [6.07, 6.45) is 5.60. The van der Waals surface area contributed by atoms with E-state index in [0.29, 0.717) is 12.5 Å². The molecule has 6 heteroatoms. The molecule has 0 saturated heterocycles. The van der Waals surface area contributed by atoms with Gasteiger partial charge in [-0.05, 0) is 19.1 Å². The summed E-state index contributed by atoms with van der Waals surface area (Å²) >= 11 is 0. The number of nitrogens with two attached hydrogens (primary N) is 1. The van der Waals surface area contributed by atoms with Crippen molar-refractivity contribution in [2.45, 2.75) is 27.8 Å². The van der Waals surface area contributed by atoms with Crippen molar-refractivity contribution in [1.29, 1.82) is 0 Å². The molecule has 1 aliphatic heterocycles. The third-order valence-electron chi connectivity index (χ3n) is 3.53. The van der Waals surface area contributed by atoms with Crippen molar-refractivity contribution < 1.29 is 0 Å². The van der Waals surface area contributed by atoms with Crippen molar-refractivity contribution in [3.63, 3.8) is 0 Å². The molecule has 2 N–H and O–H groups in total. The Labute approximate surface area is 130 Å². The maximum absolute atomic E-state index is 5.78. The smallest absolute Gasteiger partial charge is 0.215 e.